The Morgan fingerprint density at radius 1 is 1.45 bits per heavy atom. The van der Waals surface area contributed by atoms with Crippen molar-refractivity contribution < 1.29 is 4.79 Å². The third kappa shape index (κ3) is 4.28. The molecule has 0 aliphatic carbocycles. The number of hydrogen-bond acceptors (Lipinski definition) is 4. The lowest BCUT2D eigenvalue weighted by molar-refractivity contribution is -0.129. The molecule has 1 aromatic rings. The molecule has 1 saturated heterocycles. The van der Waals surface area contributed by atoms with E-state index in [1.807, 2.05) is 27.7 Å². The molecule has 0 saturated carbocycles. The first-order valence-corrected chi connectivity index (χ1v) is 8.17. The van der Waals surface area contributed by atoms with E-state index in [0.29, 0.717) is 6.04 Å². The molecule has 5 heteroatoms. The van der Waals surface area contributed by atoms with Crippen LogP contribution in [0, 0.1) is 12.3 Å². The summed E-state index contributed by atoms with van der Waals surface area (Å²) < 4.78 is 0. The Morgan fingerprint density at radius 3 is 2.60 bits per heavy atom. The van der Waals surface area contributed by atoms with Crippen molar-refractivity contribution in [2.75, 3.05) is 13.1 Å². The van der Waals surface area contributed by atoms with Gasteiger partial charge in [-0.25, -0.2) is 4.98 Å². The Bertz CT molecular complexity index is 456. The molecule has 1 amide bonds. The average molecular weight is 295 g/mol. The van der Waals surface area contributed by atoms with Crippen LogP contribution in [0.3, 0.4) is 0 Å². The van der Waals surface area contributed by atoms with Gasteiger partial charge < -0.3 is 5.32 Å². The summed E-state index contributed by atoms with van der Waals surface area (Å²) in [5, 5.41) is 6.44. The lowest BCUT2D eigenvalue weighted by Crippen LogP contribution is -2.47. The maximum absolute atomic E-state index is 12.0. The topological polar surface area (TPSA) is 45.2 Å². The summed E-state index contributed by atoms with van der Waals surface area (Å²) >= 11 is 1.71. The maximum Gasteiger partial charge on any atom is 0.225 e. The Labute approximate surface area is 125 Å². The number of piperidine rings is 1. The van der Waals surface area contributed by atoms with Crippen molar-refractivity contribution in [1.29, 1.82) is 0 Å². The highest BCUT2D eigenvalue weighted by atomic mass is 32.1. The predicted octanol–water partition coefficient (Wildman–Crippen LogP) is 2.58. The number of nitrogens with one attached hydrogen (secondary N) is 1. The number of carbonyl (C=O) groups is 1. The summed E-state index contributed by atoms with van der Waals surface area (Å²) in [5.74, 6) is 0.158. The van der Waals surface area contributed by atoms with Crippen molar-refractivity contribution in [3.8, 4) is 0 Å². The summed E-state index contributed by atoms with van der Waals surface area (Å²) in [7, 11) is 0. The van der Waals surface area contributed by atoms with Gasteiger partial charge in [0.15, 0.2) is 0 Å². The maximum atomic E-state index is 12.0. The highest BCUT2D eigenvalue weighted by molar-refractivity contribution is 7.09. The van der Waals surface area contributed by atoms with E-state index < -0.39 is 0 Å². The normalized spacial score (nSPS) is 18.2. The smallest absolute Gasteiger partial charge is 0.225 e. The first-order chi connectivity index (χ1) is 9.34. The Morgan fingerprint density at radius 2 is 2.10 bits per heavy atom. The lowest BCUT2D eigenvalue weighted by atomic mass is 9.94. The van der Waals surface area contributed by atoms with Gasteiger partial charge in [-0.2, -0.15) is 0 Å². The number of likely N-dealkylation sites (tertiary alicyclic amines) is 1. The van der Waals surface area contributed by atoms with Crippen molar-refractivity contribution >= 4 is 17.2 Å². The van der Waals surface area contributed by atoms with E-state index in [4.69, 9.17) is 0 Å². The van der Waals surface area contributed by atoms with Crippen molar-refractivity contribution in [3.05, 3.63) is 16.1 Å². The highest BCUT2D eigenvalue weighted by Gasteiger charge is 2.26. The third-order valence-electron chi connectivity index (χ3n) is 3.66. The van der Waals surface area contributed by atoms with Gasteiger partial charge in [0.2, 0.25) is 5.91 Å². The quantitative estimate of drug-likeness (QED) is 0.932. The first-order valence-electron chi connectivity index (χ1n) is 7.29. The Balaban J connectivity index is 1.76. The zero-order valence-electron chi connectivity index (χ0n) is 12.9. The SMILES string of the molecule is Cc1nc(CN2CCC(NC(=O)C(C)(C)C)CC2)cs1. The molecule has 1 aliphatic heterocycles. The van der Waals surface area contributed by atoms with Crippen LogP contribution in [-0.4, -0.2) is 34.9 Å². The fourth-order valence-electron chi connectivity index (χ4n) is 2.35. The Kier molecular flexibility index (Phi) is 4.81. The molecule has 1 N–H and O–H groups in total. The molecule has 1 aromatic heterocycles. The molecule has 20 heavy (non-hydrogen) atoms. The lowest BCUT2D eigenvalue weighted by Gasteiger charge is -2.33. The van der Waals surface area contributed by atoms with Crippen molar-refractivity contribution in [3.63, 3.8) is 0 Å². The standard InChI is InChI=1S/C15H25N3OS/c1-11-16-13(10-20-11)9-18-7-5-12(6-8-18)17-14(19)15(2,3)4/h10,12H,5-9H2,1-4H3,(H,17,19). The summed E-state index contributed by atoms with van der Waals surface area (Å²) in [6, 6.07) is 0.329. The van der Waals surface area contributed by atoms with Crippen LogP contribution in [0.15, 0.2) is 5.38 Å². The summed E-state index contributed by atoms with van der Waals surface area (Å²) in [5.41, 5.74) is 0.875. The first kappa shape index (κ1) is 15.4. The number of nitrogens with zero attached hydrogens (tertiary/aromatic N) is 2. The Hall–Kier alpha value is -0.940. The summed E-state index contributed by atoms with van der Waals surface area (Å²) in [6.07, 6.45) is 2.07. The van der Waals surface area contributed by atoms with E-state index in [-0.39, 0.29) is 11.3 Å². The molecule has 4 nitrogen and oxygen atoms in total. The van der Waals surface area contributed by atoms with Gasteiger partial charge in [-0.3, -0.25) is 9.69 Å². The van der Waals surface area contributed by atoms with Crippen LogP contribution in [0.25, 0.3) is 0 Å². The molecule has 0 radical (unpaired) electrons. The minimum absolute atomic E-state index is 0.158. The fourth-order valence-corrected chi connectivity index (χ4v) is 2.95. The number of aromatic nitrogens is 1. The molecule has 1 fully saturated rings. The van der Waals surface area contributed by atoms with Crippen LogP contribution in [-0.2, 0) is 11.3 Å². The predicted molar refractivity (Wildman–Crippen MR) is 82.7 cm³/mol. The highest BCUT2D eigenvalue weighted by Crippen LogP contribution is 2.18. The molecule has 0 aromatic carbocycles. The van der Waals surface area contributed by atoms with Crippen LogP contribution in [0.2, 0.25) is 0 Å². The number of amides is 1. The van der Waals surface area contributed by atoms with Crippen LogP contribution in [0.1, 0.15) is 44.3 Å². The molecule has 0 atom stereocenters. The van der Waals surface area contributed by atoms with Crippen LogP contribution in [0.4, 0.5) is 0 Å². The van der Waals surface area contributed by atoms with E-state index in [1.54, 1.807) is 11.3 Å². The monoisotopic (exact) mass is 295 g/mol. The fraction of sp³-hybridized carbons (Fsp3) is 0.733. The second-order valence-electron chi connectivity index (χ2n) is 6.63. The van der Waals surface area contributed by atoms with Crippen LogP contribution < -0.4 is 5.32 Å². The van der Waals surface area contributed by atoms with Crippen molar-refractivity contribution in [1.82, 2.24) is 15.2 Å². The number of carbonyl (C=O) groups excluding carboxylic acids is 1. The van der Waals surface area contributed by atoms with Gasteiger partial charge in [-0.1, -0.05) is 20.8 Å². The van der Waals surface area contributed by atoms with Crippen molar-refractivity contribution in [2.24, 2.45) is 5.41 Å². The number of rotatable bonds is 3. The van der Waals surface area contributed by atoms with Crippen LogP contribution >= 0.6 is 11.3 Å². The largest absolute Gasteiger partial charge is 0.353 e. The van der Waals surface area contributed by atoms with Gasteiger partial charge >= 0.3 is 0 Å². The second-order valence-corrected chi connectivity index (χ2v) is 7.69. The molecule has 2 rings (SSSR count). The van der Waals surface area contributed by atoms with Gasteiger partial charge in [0, 0.05) is 36.5 Å². The van der Waals surface area contributed by atoms with E-state index in [2.05, 4.69) is 20.6 Å². The van der Waals surface area contributed by atoms with Gasteiger partial charge in [0.1, 0.15) is 0 Å². The number of hydrogen-bond donors (Lipinski definition) is 1. The van der Waals surface area contributed by atoms with Crippen molar-refractivity contribution in [2.45, 2.75) is 53.1 Å². The number of thiazole rings is 1. The molecule has 0 bridgehead atoms. The third-order valence-corrected chi connectivity index (χ3v) is 4.48. The molecule has 112 valence electrons. The van der Waals surface area contributed by atoms with Crippen LogP contribution in [0.5, 0.6) is 0 Å². The van der Waals surface area contributed by atoms with Gasteiger partial charge in [-0.05, 0) is 19.8 Å². The number of aryl methyl sites for hydroxylation is 1. The minimum Gasteiger partial charge on any atom is -0.353 e. The minimum atomic E-state index is -0.296. The zero-order chi connectivity index (χ0) is 14.8. The zero-order valence-corrected chi connectivity index (χ0v) is 13.7. The van der Waals surface area contributed by atoms with E-state index in [9.17, 15) is 4.79 Å². The van der Waals surface area contributed by atoms with Gasteiger partial charge in [0.25, 0.3) is 0 Å². The second kappa shape index (κ2) is 6.22. The molecular formula is C15H25N3OS. The molecule has 2 heterocycles. The summed E-state index contributed by atoms with van der Waals surface area (Å²) in [4.78, 5) is 18.9. The molecule has 0 spiro atoms. The van der Waals surface area contributed by atoms with E-state index in [1.165, 1.54) is 5.69 Å². The van der Waals surface area contributed by atoms with Gasteiger partial charge in [0.05, 0.1) is 10.7 Å². The van der Waals surface area contributed by atoms with E-state index >= 15 is 0 Å². The average Bonchev–Trinajstić information content (AvgIpc) is 2.76. The van der Waals surface area contributed by atoms with Gasteiger partial charge in [-0.15, -0.1) is 11.3 Å². The summed E-state index contributed by atoms with van der Waals surface area (Å²) in [6.45, 7) is 10.9. The van der Waals surface area contributed by atoms with E-state index in [0.717, 1.165) is 37.5 Å². The molecule has 1 aliphatic rings. The molecular weight excluding hydrogens is 270 g/mol. The molecule has 0 unspecified atom stereocenters.